The summed E-state index contributed by atoms with van der Waals surface area (Å²) in [6, 6.07) is 0.450. The minimum absolute atomic E-state index is 0.205. The molecule has 2 atom stereocenters. The van der Waals surface area contributed by atoms with Crippen molar-refractivity contribution in [1.82, 2.24) is 5.32 Å². The number of carbonyl (C=O) groups excluding carboxylic acids is 1. The van der Waals surface area contributed by atoms with Crippen molar-refractivity contribution in [1.29, 1.82) is 0 Å². The maximum atomic E-state index is 11.8. The predicted molar refractivity (Wildman–Crippen MR) is 54.3 cm³/mol. The number of carbonyl (C=O) groups is 1. The molecule has 0 aromatic carbocycles. The number of hydrogen-bond acceptors (Lipinski definition) is 1. The van der Waals surface area contributed by atoms with Crippen molar-refractivity contribution in [3.8, 4) is 0 Å². The second-order valence-corrected chi connectivity index (χ2v) is 5.17. The highest BCUT2D eigenvalue weighted by Crippen LogP contribution is 2.32. The summed E-state index contributed by atoms with van der Waals surface area (Å²) in [5, 5.41) is 3.09. The highest BCUT2D eigenvalue weighted by Gasteiger charge is 2.38. The van der Waals surface area contributed by atoms with Gasteiger partial charge in [0.1, 0.15) is 0 Å². The minimum Gasteiger partial charge on any atom is -0.353 e. The largest absolute Gasteiger partial charge is 0.353 e. The van der Waals surface area contributed by atoms with Crippen LogP contribution in [0.3, 0.4) is 0 Å². The van der Waals surface area contributed by atoms with Crippen LogP contribution < -0.4 is 5.32 Å². The molecule has 0 bridgehead atoms. The Bertz CT molecular complexity index is 208. The van der Waals surface area contributed by atoms with E-state index in [1.165, 1.54) is 0 Å². The van der Waals surface area contributed by atoms with Crippen molar-refractivity contribution in [2.24, 2.45) is 17.3 Å². The van der Waals surface area contributed by atoms with E-state index in [0.29, 0.717) is 17.9 Å². The van der Waals surface area contributed by atoms with E-state index in [0.717, 1.165) is 6.42 Å². The lowest BCUT2D eigenvalue weighted by Crippen LogP contribution is -2.41. The molecule has 1 N–H and O–H groups in total. The molecule has 2 heteroatoms. The molecule has 0 radical (unpaired) electrons. The third-order valence-corrected chi connectivity index (χ3v) is 3.45. The predicted octanol–water partition coefficient (Wildman–Crippen LogP) is 2.19. The Morgan fingerprint density at radius 2 is 1.92 bits per heavy atom. The first-order valence-electron chi connectivity index (χ1n) is 5.16. The van der Waals surface area contributed by atoms with E-state index < -0.39 is 0 Å². The van der Waals surface area contributed by atoms with Crippen LogP contribution in [-0.4, -0.2) is 11.9 Å². The Labute approximate surface area is 81.1 Å². The van der Waals surface area contributed by atoms with Crippen molar-refractivity contribution in [2.75, 3.05) is 0 Å². The van der Waals surface area contributed by atoms with Crippen LogP contribution in [0.1, 0.15) is 41.0 Å². The van der Waals surface area contributed by atoms with Crippen molar-refractivity contribution < 1.29 is 4.79 Å². The van der Waals surface area contributed by atoms with Crippen molar-refractivity contribution in [3.05, 3.63) is 0 Å². The molecule has 0 aromatic heterocycles. The Kier molecular flexibility index (Phi) is 2.69. The van der Waals surface area contributed by atoms with Gasteiger partial charge < -0.3 is 5.32 Å². The van der Waals surface area contributed by atoms with Gasteiger partial charge in [-0.2, -0.15) is 0 Å². The molecule has 1 saturated carbocycles. The molecule has 0 heterocycles. The second-order valence-electron chi connectivity index (χ2n) is 5.17. The van der Waals surface area contributed by atoms with Crippen LogP contribution in [0.2, 0.25) is 0 Å². The molecule has 0 saturated heterocycles. The summed E-state index contributed by atoms with van der Waals surface area (Å²) in [4.78, 5) is 11.8. The highest BCUT2D eigenvalue weighted by molar-refractivity contribution is 5.82. The van der Waals surface area contributed by atoms with Gasteiger partial charge in [0.25, 0.3) is 0 Å². The van der Waals surface area contributed by atoms with E-state index in [1.807, 2.05) is 13.8 Å². The lowest BCUT2D eigenvalue weighted by atomic mass is 9.80. The lowest BCUT2D eigenvalue weighted by Gasteiger charge is -2.27. The lowest BCUT2D eigenvalue weighted by molar-refractivity contribution is -0.131. The number of hydrogen-bond donors (Lipinski definition) is 1. The van der Waals surface area contributed by atoms with E-state index in [2.05, 4.69) is 26.1 Å². The zero-order valence-corrected chi connectivity index (χ0v) is 9.35. The average Bonchev–Trinajstić information content (AvgIpc) is 2.65. The molecule has 76 valence electrons. The van der Waals surface area contributed by atoms with Gasteiger partial charge in [0.2, 0.25) is 5.91 Å². The van der Waals surface area contributed by atoms with Gasteiger partial charge in [0.15, 0.2) is 0 Å². The standard InChI is InChI=1S/C11H21NO/c1-7(2)11(4,5)10(13)12-9-6-8(9)3/h7-9H,6H2,1-5H3,(H,12,13). The SMILES string of the molecule is CC1CC1NC(=O)C(C)(C)C(C)C. The maximum absolute atomic E-state index is 11.8. The van der Waals surface area contributed by atoms with Gasteiger partial charge in [-0.1, -0.05) is 34.6 Å². The zero-order chi connectivity index (χ0) is 10.2. The van der Waals surface area contributed by atoms with Crippen LogP contribution in [0.25, 0.3) is 0 Å². The molecule has 2 nitrogen and oxygen atoms in total. The van der Waals surface area contributed by atoms with Crippen molar-refractivity contribution in [2.45, 2.75) is 47.1 Å². The van der Waals surface area contributed by atoms with E-state index in [4.69, 9.17) is 0 Å². The average molecular weight is 183 g/mol. The van der Waals surface area contributed by atoms with Gasteiger partial charge >= 0.3 is 0 Å². The quantitative estimate of drug-likeness (QED) is 0.714. The molecule has 0 spiro atoms. The van der Waals surface area contributed by atoms with Gasteiger partial charge in [0, 0.05) is 11.5 Å². The zero-order valence-electron chi connectivity index (χ0n) is 9.35. The third kappa shape index (κ3) is 2.23. The van der Waals surface area contributed by atoms with Crippen LogP contribution in [0.5, 0.6) is 0 Å². The van der Waals surface area contributed by atoms with E-state index in [-0.39, 0.29) is 11.3 Å². The first kappa shape index (κ1) is 10.6. The minimum atomic E-state index is -0.234. The van der Waals surface area contributed by atoms with Crippen LogP contribution in [-0.2, 0) is 4.79 Å². The van der Waals surface area contributed by atoms with Gasteiger partial charge in [-0.25, -0.2) is 0 Å². The van der Waals surface area contributed by atoms with Gasteiger partial charge in [0.05, 0.1) is 0 Å². The Balaban J connectivity index is 2.46. The molecule has 2 unspecified atom stereocenters. The fourth-order valence-corrected chi connectivity index (χ4v) is 1.14. The Morgan fingerprint density at radius 1 is 1.46 bits per heavy atom. The second kappa shape index (κ2) is 3.32. The topological polar surface area (TPSA) is 29.1 Å². The number of rotatable bonds is 3. The molecular weight excluding hydrogens is 162 g/mol. The molecule has 1 aliphatic carbocycles. The van der Waals surface area contributed by atoms with Gasteiger partial charge in [-0.15, -0.1) is 0 Å². The Morgan fingerprint density at radius 3 is 2.23 bits per heavy atom. The normalized spacial score (nSPS) is 27.5. The smallest absolute Gasteiger partial charge is 0.226 e. The summed E-state index contributed by atoms with van der Waals surface area (Å²) in [6.07, 6.45) is 1.15. The van der Waals surface area contributed by atoms with E-state index >= 15 is 0 Å². The van der Waals surface area contributed by atoms with E-state index in [9.17, 15) is 4.79 Å². The fraction of sp³-hybridized carbons (Fsp3) is 0.909. The molecule has 1 aliphatic rings. The van der Waals surface area contributed by atoms with Crippen LogP contribution >= 0.6 is 0 Å². The van der Waals surface area contributed by atoms with Crippen LogP contribution in [0.15, 0.2) is 0 Å². The number of nitrogens with one attached hydrogen (secondary N) is 1. The Hall–Kier alpha value is -0.530. The molecule has 1 rings (SSSR count). The molecule has 1 fully saturated rings. The molecule has 13 heavy (non-hydrogen) atoms. The van der Waals surface area contributed by atoms with E-state index in [1.54, 1.807) is 0 Å². The van der Waals surface area contributed by atoms with Crippen LogP contribution in [0, 0.1) is 17.3 Å². The van der Waals surface area contributed by atoms with Crippen molar-refractivity contribution >= 4 is 5.91 Å². The number of amides is 1. The summed E-state index contributed by atoms with van der Waals surface area (Å²) >= 11 is 0. The summed E-state index contributed by atoms with van der Waals surface area (Å²) in [5.41, 5.74) is -0.234. The molecular formula is C11H21NO. The highest BCUT2D eigenvalue weighted by atomic mass is 16.2. The molecule has 0 aliphatic heterocycles. The van der Waals surface area contributed by atoms with Gasteiger partial charge in [-0.05, 0) is 18.3 Å². The summed E-state index contributed by atoms with van der Waals surface area (Å²) < 4.78 is 0. The summed E-state index contributed by atoms with van der Waals surface area (Å²) in [7, 11) is 0. The first-order chi connectivity index (χ1) is 5.85. The summed E-state index contributed by atoms with van der Waals surface area (Å²) in [5.74, 6) is 1.28. The monoisotopic (exact) mass is 183 g/mol. The molecule has 1 amide bonds. The molecule has 0 aromatic rings. The first-order valence-corrected chi connectivity index (χ1v) is 5.16. The maximum Gasteiger partial charge on any atom is 0.226 e. The van der Waals surface area contributed by atoms with Crippen LogP contribution in [0.4, 0.5) is 0 Å². The van der Waals surface area contributed by atoms with Crippen molar-refractivity contribution in [3.63, 3.8) is 0 Å². The third-order valence-electron chi connectivity index (χ3n) is 3.45. The van der Waals surface area contributed by atoms with Gasteiger partial charge in [-0.3, -0.25) is 4.79 Å². The fourth-order valence-electron chi connectivity index (χ4n) is 1.14. The summed E-state index contributed by atoms with van der Waals surface area (Å²) in [6.45, 7) is 10.4.